The summed E-state index contributed by atoms with van der Waals surface area (Å²) in [5, 5.41) is 18.8. The van der Waals surface area contributed by atoms with Crippen molar-refractivity contribution in [3.63, 3.8) is 0 Å². The van der Waals surface area contributed by atoms with Crippen LogP contribution in [0.4, 0.5) is 0 Å². The lowest BCUT2D eigenvalue weighted by molar-refractivity contribution is -0.140. The van der Waals surface area contributed by atoms with Gasteiger partial charge in [0.15, 0.2) is 11.5 Å². The number of phenolic OH excluding ortho intramolecular Hbond substituents is 1. The summed E-state index contributed by atoms with van der Waals surface area (Å²) >= 11 is 0. The fourth-order valence-electron chi connectivity index (χ4n) is 1.69. The number of aliphatic carboxylic acids is 1. The highest BCUT2D eigenvalue weighted by Crippen LogP contribution is 2.41. The molecule has 0 aliphatic heterocycles. The van der Waals surface area contributed by atoms with Crippen molar-refractivity contribution in [2.45, 2.75) is 18.9 Å². The number of rotatable bonds is 9. The van der Waals surface area contributed by atoms with E-state index in [1.807, 2.05) is 0 Å². The van der Waals surface area contributed by atoms with Gasteiger partial charge in [-0.05, 0) is 17.7 Å². The van der Waals surface area contributed by atoms with E-state index in [-0.39, 0.29) is 19.4 Å². The molecule has 1 aromatic carbocycles. The van der Waals surface area contributed by atoms with E-state index in [4.69, 9.17) is 20.6 Å². The van der Waals surface area contributed by atoms with Crippen LogP contribution in [0.1, 0.15) is 12.0 Å². The number of carbonyl (C=O) groups is 2. The highest BCUT2D eigenvalue weighted by Gasteiger charge is 2.21. The van der Waals surface area contributed by atoms with E-state index in [0.29, 0.717) is 5.56 Å². The number of phenols is 1. The zero-order valence-corrected chi connectivity index (χ0v) is 13.3. The van der Waals surface area contributed by atoms with Crippen LogP contribution in [0, 0.1) is 0 Å². The molecular formula is C12H18N3O8P. The molecule has 1 unspecified atom stereocenters. The van der Waals surface area contributed by atoms with Crippen LogP contribution in [-0.4, -0.2) is 44.5 Å². The van der Waals surface area contributed by atoms with Gasteiger partial charge in [-0.2, -0.15) is 0 Å². The average molecular weight is 363 g/mol. The predicted molar refractivity (Wildman–Crippen MR) is 80.9 cm³/mol. The largest absolute Gasteiger partial charge is 0.524 e. The van der Waals surface area contributed by atoms with Gasteiger partial charge in [0, 0.05) is 19.4 Å². The zero-order chi connectivity index (χ0) is 18.3. The van der Waals surface area contributed by atoms with Crippen LogP contribution in [0.3, 0.4) is 0 Å². The number of phosphoric ester groups is 1. The first kappa shape index (κ1) is 19.9. The fraction of sp³-hybridized carbons (Fsp3) is 0.333. The van der Waals surface area contributed by atoms with Gasteiger partial charge < -0.3 is 20.5 Å². The van der Waals surface area contributed by atoms with Crippen molar-refractivity contribution in [1.82, 2.24) is 10.9 Å². The van der Waals surface area contributed by atoms with Gasteiger partial charge in [-0.3, -0.25) is 24.8 Å². The number of phosphoric acid groups is 1. The van der Waals surface area contributed by atoms with E-state index < -0.39 is 37.2 Å². The van der Waals surface area contributed by atoms with E-state index in [0.717, 1.165) is 12.1 Å². The Balaban J connectivity index is 2.77. The van der Waals surface area contributed by atoms with Crippen molar-refractivity contribution in [3.05, 3.63) is 23.8 Å². The van der Waals surface area contributed by atoms with Crippen LogP contribution in [-0.2, 0) is 20.6 Å². The zero-order valence-electron chi connectivity index (χ0n) is 12.4. The minimum absolute atomic E-state index is 0.0224. The van der Waals surface area contributed by atoms with Crippen LogP contribution >= 0.6 is 7.82 Å². The van der Waals surface area contributed by atoms with Crippen LogP contribution in [0.15, 0.2) is 18.2 Å². The summed E-state index contributed by atoms with van der Waals surface area (Å²) in [7, 11) is -4.83. The Morgan fingerprint density at radius 1 is 1.33 bits per heavy atom. The maximum absolute atomic E-state index is 11.3. The Hall–Kier alpha value is -2.17. The number of benzene rings is 1. The van der Waals surface area contributed by atoms with Crippen LogP contribution < -0.4 is 21.1 Å². The molecule has 0 saturated carbocycles. The van der Waals surface area contributed by atoms with Gasteiger partial charge in [0.2, 0.25) is 5.91 Å². The molecule has 0 bridgehead atoms. The third kappa shape index (κ3) is 6.94. The van der Waals surface area contributed by atoms with Crippen molar-refractivity contribution in [3.8, 4) is 11.5 Å². The second-order valence-corrected chi connectivity index (χ2v) is 5.87. The van der Waals surface area contributed by atoms with E-state index in [2.05, 4.69) is 15.4 Å². The molecule has 0 aromatic heterocycles. The van der Waals surface area contributed by atoms with Gasteiger partial charge in [0.05, 0.1) is 0 Å². The number of hydrazine groups is 1. The van der Waals surface area contributed by atoms with Gasteiger partial charge >= 0.3 is 13.8 Å². The standard InChI is InChI=1S/C12H18N3O8P/c13-4-3-11(17)15-14-8(12(18)19)5-7-1-2-10(9(16)6-7)23-24(20,21)22/h1-2,6,8,14,16H,3-5,13H2,(H,15,17)(H,18,19)(H2,20,21,22). The van der Waals surface area contributed by atoms with Crippen molar-refractivity contribution in [2.75, 3.05) is 6.54 Å². The number of nitrogens with two attached hydrogens (primary N) is 1. The number of carboxylic acid groups (broad SMARTS) is 1. The third-order valence-electron chi connectivity index (χ3n) is 2.74. The van der Waals surface area contributed by atoms with Gasteiger partial charge in [0.25, 0.3) is 0 Å². The first-order chi connectivity index (χ1) is 11.1. The lowest BCUT2D eigenvalue weighted by Crippen LogP contribution is -2.49. The summed E-state index contributed by atoms with van der Waals surface area (Å²) in [5.74, 6) is -2.73. The van der Waals surface area contributed by atoms with Crippen LogP contribution in [0.5, 0.6) is 11.5 Å². The summed E-state index contributed by atoms with van der Waals surface area (Å²) < 4.78 is 15.0. The van der Waals surface area contributed by atoms with E-state index in [9.17, 15) is 19.3 Å². The van der Waals surface area contributed by atoms with Crippen molar-refractivity contribution in [2.24, 2.45) is 5.73 Å². The minimum Gasteiger partial charge on any atom is -0.504 e. The van der Waals surface area contributed by atoms with Crippen LogP contribution in [0.25, 0.3) is 0 Å². The summed E-state index contributed by atoms with van der Waals surface area (Å²) in [6, 6.07) is 2.32. The SMILES string of the molecule is NCCC(=O)NNC(Cc1ccc(OP(=O)(O)O)c(O)c1)C(=O)O. The smallest absolute Gasteiger partial charge is 0.504 e. The molecule has 1 rings (SSSR count). The Morgan fingerprint density at radius 2 is 2.00 bits per heavy atom. The molecular weight excluding hydrogens is 345 g/mol. The molecule has 0 aliphatic carbocycles. The van der Waals surface area contributed by atoms with Crippen molar-refractivity contribution in [1.29, 1.82) is 0 Å². The van der Waals surface area contributed by atoms with Crippen LogP contribution in [0.2, 0.25) is 0 Å². The lowest BCUT2D eigenvalue weighted by atomic mass is 10.1. The second-order valence-electron chi connectivity index (χ2n) is 4.71. The fourth-order valence-corrected chi connectivity index (χ4v) is 2.10. The monoisotopic (exact) mass is 363 g/mol. The van der Waals surface area contributed by atoms with Crippen molar-refractivity contribution >= 4 is 19.7 Å². The molecule has 24 heavy (non-hydrogen) atoms. The summed E-state index contributed by atoms with van der Waals surface area (Å²) in [4.78, 5) is 39.8. The molecule has 1 amide bonds. The maximum Gasteiger partial charge on any atom is 0.524 e. The highest BCUT2D eigenvalue weighted by molar-refractivity contribution is 7.46. The number of hydrogen-bond acceptors (Lipinski definition) is 7. The average Bonchev–Trinajstić information content (AvgIpc) is 2.45. The van der Waals surface area contributed by atoms with Crippen molar-refractivity contribution < 1.29 is 38.7 Å². The normalized spacial score (nSPS) is 12.5. The number of amides is 1. The van der Waals surface area contributed by atoms with Gasteiger partial charge in [0.1, 0.15) is 6.04 Å². The number of hydrogen-bond donors (Lipinski definition) is 7. The molecule has 0 spiro atoms. The molecule has 8 N–H and O–H groups in total. The molecule has 0 radical (unpaired) electrons. The Kier molecular flexibility index (Phi) is 7.14. The topological polar surface area (TPSA) is 191 Å². The molecule has 11 nitrogen and oxygen atoms in total. The summed E-state index contributed by atoms with van der Waals surface area (Å²) in [5.41, 5.74) is 10.1. The van der Waals surface area contributed by atoms with E-state index in [1.54, 1.807) is 0 Å². The first-order valence-corrected chi connectivity index (χ1v) is 8.19. The first-order valence-electron chi connectivity index (χ1n) is 6.66. The molecule has 1 atom stereocenters. The van der Waals surface area contributed by atoms with E-state index >= 15 is 0 Å². The predicted octanol–water partition coefficient (Wildman–Crippen LogP) is -1.17. The van der Waals surface area contributed by atoms with Gasteiger partial charge in [-0.15, -0.1) is 0 Å². The number of carboxylic acids is 1. The van der Waals surface area contributed by atoms with E-state index in [1.165, 1.54) is 6.07 Å². The highest BCUT2D eigenvalue weighted by atomic mass is 31.2. The quantitative estimate of drug-likeness (QED) is 0.208. The lowest BCUT2D eigenvalue weighted by Gasteiger charge is -2.16. The molecule has 0 aliphatic rings. The number of aromatic hydroxyl groups is 1. The Morgan fingerprint density at radius 3 is 2.50 bits per heavy atom. The van der Waals surface area contributed by atoms with Gasteiger partial charge in [-0.1, -0.05) is 6.07 Å². The van der Waals surface area contributed by atoms with Gasteiger partial charge in [-0.25, -0.2) is 9.99 Å². The maximum atomic E-state index is 11.3. The Bertz CT molecular complexity index is 647. The molecule has 134 valence electrons. The molecule has 12 heteroatoms. The molecule has 1 aromatic rings. The third-order valence-corrected chi connectivity index (χ3v) is 3.17. The molecule has 0 saturated heterocycles. The summed E-state index contributed by atoms with van der Waals surface area (Å²) in [6.45, 7) is 0.111. The Labute approximate surface area is 136 Å². The summed E-state index contributed by atoms with van der Waals surface area (Å²) in [6.07, 6.45) is -0.101. The number of carbonyl (C=O) groups excluding carboxylic acids is 1. The second kappa shape index (κ2) is 8.62. The molecule has 0 heterocycles. The molecule has 0 fully saturated rings. The minimum atomic E-state index is -4.83. The number of nitrogens with one attached hydrogen (secondary N) is 2.